The van der Waals surface area contributed by atoms with Crippen LogP contribution < -0.4 is 5.32 Å². The summed E-state index contributed by atoms with van der Waals surface area (Å²) < 4.78 is 5.16. The minimum absolute atomic E-state index is 0.255. The van der Waals surface area contributed by atoms with E-state index in [9.17, 15) is 4.79 Å². The molecule has 0 saturated carbocycles. The highest BCUT2D eigenvalue weighted by atomic mass is 79.9. The number of carbonyl (C=O) groups is 1. The quantitative estimate of drug-likeness (QED) is 0.640. The molecule has 6 heteroatoms. The Morgan fingerprint density at radius 1 is 1.14 bits per heavy atom. The summed E-state index contributed by atoms with van der Waals surface area (Å²) in [5.41, 5.74) is 2.27. The van der Waals surface area contributed by atoms with Crippen LogP contribution in [-0.4, -0.2) is 10.3 Å². The van der Waals surface area contributed by atoms with Gasteiger partial charge in [0.05, 0.1) is 16.3 Å². The van der Waals surface area contributed by atoms with E-state index in [0.29, 0.717) is 15.6 Å². The zero-order valence-electron chi connectivity index (χ0n) is 11.2. The lowest BCUT2D eigenvalue weighted by molar-refractivity contribution is 0.102. The fourth-order valence-corrected chi connectivity index (χ4v) is 3.15. The first-order chi connectivity index (χ1) is 10.6. The second-order valence-electron chi connectivity index (χ2n) is 4.52. The monoisotopic (exact) mass is 392 g/mol. The van der Waals surface area contributed by atoms with Gasteiger partial charge in [0.2, 0.25) is 0 Å². The number of anilines is 1. The van der Waals surface area contributed by atoms with Crippen LogP contribution in [-0.2, 0) is 0 Å². The summed E-state index contributed by atoms with van der Waals surface area (Å²) >= 11 is 10.6. The second kappa shape index (κ2) is 6.60. The molecular weight excluding hydrogens is 384 g/mol. The molecule has 0 aliphatic heterocycles. The van der Waals surface area contributed by atoms with Crippen molar-refractivity contribution >= 4 is 50.0 Å². The van der Waals surface area contributed by atoms with Gasteiger partial charge >= 0.3 is 0 Å². The van der Waals surface area contributed by atoms with Crippen LogP contribution in [0.1, 0.15) is 10.4 Å². The van der Waals surface area contributed by atoms with Gasteiger partial charge in [0.15, 0.2) is 0 Å². The molecule has 0 bridgehead atoms. The van der Waals surface area contributed by atoms with Gasteiger partial charge < -0.3 is 5.32 Å². The van der Waals surface area contributed by atoms with E-state index in [4.69, 9.17) is 11.6 Å². The Labute approximate surface area is 145 Å². The van der Waals surface area contributed by atoms with Gasteiger partial charge in [-0.2, -0.15) is 4.37 Å². The van der Waals surface area contributed by atoms with Crippen molar-refractivity contribution in [1.29, 1.82) is 0 Å². The molecule has 1 heterocycles. The lowest BCUT2D eigenvalue weighted by Gasteiger charge is -2.04. The maximum absolute atomic E-state index is 12.3. The van der Waals surface area contributed by atoms with Crippen molar-refractivity contribution in [2.24, 2.45) is 0 Å². The van der Waals surface area contributed by atoms with Crippen LogP contribution in [0.2, 0.25) is 5.02 Å². The molecular formula is C16H10BrClN2OS. The highest BCUT2D eigenvalue weighted by Crippen LogP contribution is 2.27. The van der Waals surface area contributed by atoms with Crippen molar-refractivity contribution in [3.8, 4) is 11.3 Å². The van der Waals surface area contributed by atoms with E-state index >= 15 is 0 Å². The van der Waals surface area contributed by atoms with Crippen LogP contribution in [0.15, 0.2) is 59.1 Å². The predicted molar refractivity (Wildman–Crippen MR) is 94.7 cm³/mol. The first-order valence-corrected chi connectivity index (χ1v) is 8.36. The third-order valence-electron chi connectivity index (χ3n) is 2.99. The molecule has 2 aromatic carbocycles. The molecule has 22 heavy (non-hydrogen) atoms. The Morgan fingerprint density at radius 2 is 1.91 bits per heavy atom. The van der Waals surface area contributed by atoms with Gasteiger partial charge in [-0.1, -0.05) is 57.9 Å². The highest BCUT2D eigenvalue weighted by molar-refractivity contribution is 9.10. The number of nitrogens with one attached hydrogen (secondary N) is 1. The molecule has 110 valence electrons. The number of carbonyl (C=O) groups excluding carboxylic acids is 1. The van der Waals surface area contributed by atoms with Crippen LogP contribution in [0.3, 0.4) is 0 Å². The Hall–Kier alpha value is -1.69. The van der Waals surface area contributed by atoms with Crippen LogP contribution in [0.5, 0.6) is 0 Å². The van der Waals surface area contributed by atoms with Gasteiger partial charge in [0, 0.05) is 16.1 Å². The molecule has 0 spiro atoms. The number of rotatable bonds is 3. The van der Waals surface area contributed by atoms with Gasteiger partial charge in [-0.05, 0) is 29.7 Å². The Bertz CT molecular complexity index is 820. The SMILES string of the molecule is O=C(Nc1cc(-c2ccccc2)ns1)c1cc(Br)ccc1Cl. The minimum atomic E-state index is -0.255. The zero-order chi connectivity index (χ0) is 15.5. The number of nitrogens with zero attached hydrogens (tertiary/aromatic N) is 1. The average molecular weight is 394 g/mol. The van der Waals surface area contributed by atoms with Gasteiger partial charge in [0.1, 0.15) is 5.00 Å². The fourth-order valence-electron chi connectivity index (χ4n) is 1.93. The summed E-state index contributed by atoms with van der Waals surface area (Å²) in [6.07, 6.45) is 0. The maximum atomic E-state index is 12.3. The molecule has 1 N–H and O–H groups in total. The normalized spacial score (nSPS) is 10.5. The van der Waals surface area contributed by atoms with E-state index in [1.54, 1.807) is 18.2 Å². The number of amides is 1. The molecule has 0 atom stereocenters. The van der Waals surface area contributed by atoms with E-state index in [-0.39, 0.29) is 5.91 Å². The lowest BCUT2D eigenvalue weighted by atomic mass is 10.1. The van der Waals surface area contributed by atoms with Crippen molar-refractivity contribution in [3.63, 3.8) is 0 Å². The van der Waals surface area contributed by atoms with E-state index in [1.807, 2.05) is 36.4 Å². The number of benzene rings is 2. The van der Waals surface area contributed by atoms with Crippen LogP contribution in [0.4, 0.5) is 5.00 Å². The Balaban J connectivity index is 1.81. The Kier molecular flexibility index (Phi) is 4.57. The van der Waals surface area contributed by atoms with Gasteiger partial charge in [0.25, 0.3) is 5.91 Å². The summed E-state index contributed by atoms with van der Waals surface area (Å²) in [7, 11) is 0. The lowest BCUT2D eigenvalue weighted by Crippen LogP contribution is -2.11. The molecule has 0 aliphatic carbocycles. The molecule has 0 fully saturated rings. The van der Waals surface area contributed by atoms with Gasteiger partial charge in [-0.25, -0.2) is 0 Å². The number of aromatic nitrogens is 1. The topological polar surface area (TPSA) is 42.0 Å². The average Bonchev–Trinajstić information content (AvgIpc) is 2.99. The third kappa shape index (κ3) is 3.38. The van der Waals surface area contributed by atoms with Crippen LogP contribution in [0.25, 0.3) is 11.3 Å². The van der Waals surface area contributed by atoms with E-state index in [0.717, 1.165) is 15.7 Å². The molecule has 3 rings (SSSR count). The summed E-state index contributed by atoms with van der Waals surface area (Å²) in [4.78, 5) is 12.3. The standard InChI is InChI=1S/C16H10BrClN2OS/c17-11-6-7-13(18)12(8-11)16(21)19-15-9-14(20-22-15)10-4-2-1-3-5-10/h1-9H,(H,19,21). The summed E-state index contributed by atoms with van der Waals surface area (Å²) in [6.45, 7) is 0. The first kappa shape index (κ1) is 15.2. The smallest absolute Gasteiger partial charge is 0.257 e. The molecule has 1 amide bonds. The summed E-state index contributed by atoms with van der Waals surface area (Å²) in [5, 5.41) is 3.92. The van der Waals surface area contributed by atoms with Crippen molar-refractivity contribution in [2.45, 2.75) is 0 Å². The minimum Gasteiger partial charge on any atom is -0.312 e. The molecule has 0 aliphatic rings. The van der Waals surface area contributed by atoms with Crippen LogP contribution in [0, 0.1) is 0 Å². The van der Waals surface area contributed by atoms with E-state index < -0.39 is 0 Å². The number of hydrogen-bond donors (Lipinski definition) is 1. The van der Waals surface area contributed by atoms with Crippen LogP contribution >= 0.6 is 39.1 Å². The summed E-state index contributed by atoms with van der Waals surface area (Å²) in [6, 6.07) is 16.8. The highest BCUT2D eigenvalue weighted by Gasteiger charge is 2.13. The fraction of sp³-hybridized carbons (Fsp3) is 0. The van der Waals surface area contributed by atoms with Gasteiger partial charge in [-0.3, -0.25) is 4.79 Å². The van der Waals surface area contributed by atoms with E-state index in [1.165, 1.54) is 11.5 Å². The molecule has 3 nitrogen and oxygen atoms in total. The van der Waals surface area contributed by atoms with Crippen molar-refractivity contribution in [3.05, 3.63) is 69.7 Å². The van der Waals surface area contributed by atoms with Crippen molar-refractivity contribution < 1.29 is 4.79 Å². The predicted octanol–water partition coefficient (Wildman–Crippen LogP) is 5.48. The number of halogens is 2. The Morgan fingerprint density at radius 3 is 2.68 bits per heavy atom. The molecule has 3 aromatic rings. The van der Waals surface area contributed by atoms with Crippen molar-refractivity contribution in [1.82, 2.24) is 4.37 Å². The molecule has 1 aromatic heterocycles. The van der Waals surface area contributed by atoms with Crippen molar-refractivity contribution in [2.75, 3.05) is 5.32 Å². The molecule has 0 unspecified atom stereocenters. The molecule has 0 radical (unpaired) electrons. The maximum Gasteiger partial charge on any atom is 0.257 e. The largest absolute Gasteiger partial charge is 0.312 e. The first-order valence-electron chi connectivity index (χ1n) is 6.42. The van der Waals surface area contributed by atoms with E-state index in [2.05, 4.69) is 25.6 Å². The third-order valence-corrected chi connectivity index (χ3v) is 4.52. The second-order valence-corrected chi connectivity index (χ2v) is 6.65. The van der Waals surface area contributed by atoms with Gasteiger partial charge in [-0.15, -0.1) is 0 Å². The summed E-state index contributed by atoms with van der Waals surface area (Å²) in [5.74, 6) is -0.255. The molecule has 0 saturated heterocycles. The zero-order valence-corrected chi connectivity index (χ0v) is 14.4. The number of hydrogen-bond acceptors (Lipinski definition) is 3.